The van der Waals surface area contributed by atoms with Gasteiger partial charge in [-0.15, -0.1) is 0 Å². The van der Waals surface area contributed by atoms with Crippen LogP contribution in [-0.2, 0) is 0 Å². The molecule has 0 unspecified atom stereocenters. The van der Waals surface area contributed by atoms with Gasteiger partial charge in [-0.3, -0.25) is 9.78 Å². The average Bonchev–Trinajstić information content (AvgIpc) is 2.46. The first-order valence-electron chi connectivity index (χ1n) is 5.90. The molecule has 1 aromatic carbocycles. The van der Waals surface area contributed by atoms with Crippen molar-refractivity contribution in [1.82, 2.24) is 4.98 Å². The van der Waals surface area contributed by atoms with Crippen LogP contribution in [0.1, 0.15) is 15.9 Å². The van der Waals surface area contributed by atoms with Gasteiger partial charge in [-0.2, -0.15) is 0 Å². The first-order valence-corrected chi connectivity index (χ1v) is 5.90. The molecule has 1 amide bonds. The second-order valence-corrected chi connectivity index (χ2v) is 3.90. The zero-order valence-electron chi connectivity index (χ0n) is 10.6. The van der Waals surface area contributed by atoms with Crippen LogP contribution in [0.4, 0.5) is 10.1 Å². The molecular formula is C15H12FN3O. The Morgan fingerprint density at radius 3 is 2.90 bits per heavy atom. The molecule has 1 aromatic heterocycles. The average molecular weight is 269 g/mol. The monoisotopic (exact) mass is 269 g/mol. The van der Waals surface area contributed by atoms with E-state index in [1.165, 1.54) is 18.3 Å². The van der Waals surface area contributed by atoms with E-state index in [-0.39, 0.29) is 12.1 Å². The number of benzene rings is 1. The van der Waals surface area contributed by atoms with Crippen molar-refractivity contribution in [1.29, 1.82) is 0 Å². The van der Waals surface area contributed by atoms with Gasteiger partial charge in [0, 0.05) is 11.8 Å². The van der Waals surface area contributed by atoms with Gasteiger partial charge in [-0.25, -0.2) is 4.39 Å². The number of carbonyl (C=O) groups is 1. The Balaban J connectivity index is 2.18. The first kappa shape index (κ1) is 13.7. The van der Waals surface area contributed by atoms with E-state index in [0.29, 0.717) is 11.3 Å². The Hall–Kier alpha value is -2.71. The molecule has 100 valence electrons. The maximum atomic E-state index is 13.9. The van der Waals surface area contributed by atoms with Gasteiger partial charge >= 0.3 is 0 Å². The molecule has 0 aliphatic heterocycles. The van der Waals surface area contributed by atoms with Crippen LogP contribution in [0.2, 0.25) is 0 Å². The molecule has 0 aliphatic rings. The normalized spacial score (nSPS) is 9.50. The third-order valence-electron chi connectivity index (χ3n) is 2.47. The van der Waals surface area contributed by atoms with Crippen molar-refractivity contribution in [3.05, 3.63) is 59.7 Å². The number of carbonyl (C=O) groups excluding carboxylic acids is 1. The minimum absolute atomic E-state index is 0.0489. The molecule has 0 fully saturated rings. The summed E-state index contributed by atoms with van der Waals surface area (Å²) in [5.74, 6) is 4.16. The molecule has 0 bridgehead atoms. The summed E-state index contributed by atoms with van der Waals surface area (Å²) >= 11 is 0. The maximum absolute atomic E-state index is 13.9. The molecule has 0 spiro atoms. The third kappa shape index (κ3) is 3.40. The van der Waals surface area contributed by atoms with Gasteiger partial charge < -0.3 is 11.1 Å². The number of nitrogens with two attached hydrogens (primary N) is 1. The number of nitrogens with zero attached hydrogens (tertiary/aromatic N) is 1. The summed E-state index contributed by atoms with van der Waals surface area (Å²) in [5.41, 5.74) is 6.17. The Morgan fingerprint density at radius 1 is 1.40 bits per heavy atom. The predicted octanol–water partition coefficient (Wildman–Crippen LogP) is 1.78. The Morgan fingerprint density at radius 2 is 2.25 bits per heavy atom. The largest absolute Gasteiger partial charge is 0.320 e. The van der Waals surface area contributed by atoms with Crippen molar-refractivity contribution in [3.63, 3.8) is 0 Å². The molecule has 2 aromatic rings. The summed E-state index contributed by atoms with van der Waals surface area (Å²) in [6.45, 7) is 0.199. The number of halogens is 1. The maximum Gasteiger partial charge on any atom is 0.258 e. The van der Waals surface area contributed by atoms with Crippen LogP contribution >= 0.6 is 0 Å². The van der Waals surface area contributed by atoms with Gasteiger partial charge in [-0.1, -0.05) is 11.8 Å². The van der Waals surface area contributed by atoms with E-state index in [1.54, 1.807) is 24.4 Å². The molecule has 4 nitrogen and oxygen atoms in total. The fourth-order valence-electron chi connectivity index (χ4n) is 1.57. The van der Waals surface area contributed by atoms with Crippen molar-refractivity contribution >= 4 is 11.6 Å². The SMILES string of the molecule is NCC#Cc1ccc(C(=O)Nc2cccnc2)c(F)c1. The highest BCUT2D eigenvalue weighted by molar-refractivity contribution is 6.04. The molecule has 1 heterocycles. The van der Waals surface area contributed by atoms with E-state index in [9.17, 15) is 9.18 Å². The fourth-order valence-corrected chi connectivity index (χ4v) is 1.57. The fraction of sp³-hybridized carbons (Fsp3) is 0.0667. The van der Waals surface area contributed by atoms with E-state index in [1.807, 2.05) is 0 Å². The molecule has 3 N–H and O–H groups in total. The molecule has 20 heavy (non-hydrogen) atoms. The third-order valence-corrected chi connectivity index (χ3v) is 2.47. The molecule has 0 saturated heterocycles. The van der Waals surface area contributed by atoms with Gasteiger partial charge in [0.05, 0.1) is 24.0 Å². The standard InChI is InChI=1S/C15H12FN3O/c16-14-9-11(3-1-7-17)5-6-13(14)15(20)19-12-4-2-8-18-10-12/h2,4-6,8-10H,7,17H2,(H,19,20). The molecule has 5 heteroatoms. The Kier molecular flexibility index (Phi) is 4.43. The molecule has 0 atom stereocenters. The van der Waals surface area contributed by atoms with Crippen molar-refractivity contribution < 1.29 is 9.18 Å². The second kappa shape index (κ2) is 6.45. The molecular weight excluding hydrogens is 257 g/mol. The van der Waals surface area contributed by atoms with E-state index < -0.39 is 11.7 Å². The Bertz CT molecular complexity index is 675. The molecule has 0 saturated carbocycles. The summed E-state index contributed by atoms with van der Waals surface area (Å²) < 4.78 is 13.9. The number of hydrogen-bond donors (Lipinski definition) is 2. The van der Waals surface area contributed by atoms with Gasteiger partial charge in [0.25, 0.3) is 5.91 Å². The number of anilines is 1. The van der Waals surface area contributed by atoms with Crippen LogP contribution in [0.15, 0.2) is 42.7 Å². The number of hydrogen-bond acceptors (Lipinski definition) is 3. The first-order chi connectivity index (χ1) is 9.70. The van der Waals surface area contributed by atoms with E-state index in [2.05, 4.69) is 22.1 Å². The quantitative estimate of drug-likeness (QED) is 0.817. The highest BCUT2D eigenvalue weighted by Gasteiger charge is 2.12. The number of rotatable bonds is 2. The lowest BCUT2D eigenvalue weighted by molar-refractivity contribution is 0.102. The van der Waals surface area contributed by atoms with Crippen LogP contribution in [0.25, 0.3) is 0 Å². The highest BCUT2D eigenvalue weighted by atomic mass is 19.1. The lowest BCUT2D eigenvalue weighted by atomic mass is 10.1. The minimum Gasteiger partial charge on any atom is -0.320 e. The van der Waals surface area contributed by atoms with Crippen molar-refractivity contribution in [2.45, 2.75) is 0 Å². The smallest absolute Gasteiger partial charge is 0.258 e. The van der Waals surface area contributed by atoms with E-state index in [0.717, 1.165) is 0 Å². The van der Waals surface area contributed by atoms with Crippen LogP contribution in [0, 0.1) is 17.7 Å². The lowest BCUT2D eigenvalue weighted by Gasteiger charge is -2.05. The summed E-state index contributed by atoms with van der Waals surface area (Å²) in [6, 6.07) is 7.52. The zero-order chi connectivity index (χ0) is 14.4. The van der Waals surface area contributed by atoms with Gasteiger partial charge in [0.1, 0.15) is 5.82 Å². The number of aromatic nitrogens is 1. The zero-order valence-corrected chi connectivity index (χ0v) is 10.6. The summed E-state index contributed by atoms with van der Waals surface area (Å²) in [6.07, 6.45) is 3.07. The Labute approximate surface area is 115 Å². The molecule has 0 aliphatic carbocycles. The molecule has 2 rings (SSSR count). The van der Waals surface area contributed by atoms with Gasteiger partial charge in [0.15, 0.2) is 0 Å². The van der Waals surface area contributed by atoms with Crippen LogP contribution in [0.3, 0.4) is 0 Å². The van der Waals surface area contributed by atoms with Gasteiger partial charge in [-0.05, 0) is 30.3 Å². The van der Waals surface area contributed by atoms with Crippen LogP contribution in [-0.4, -0.2) is 17.4 Å². The number of pyridine rings is 1. The van der Waals surface area contributed by atoms with E-state index >= 15 is 0 Å². The highest BCUT2D eigenvalue weighted by Crippen LogP contribution is 2.12. The predicted molar refractivity (Wildman–Crippen MR) is 74.5 cm³/mol. The summed E-state index contributed by atoms with van der Waals surface area (Å²) in [5, 5.41) is 2.56. The van der Waals surface area contributed by atoms with Crippen LogP contribution < -0.4 is 11.1 Å². The van der Waals surface area contributed by atoms with E-state index in [4.69, 9.17) is 5.73 Å². The van der Waals surface area contributed by atoms with Crippen molar-refractivity contribution in [3.8, 4) is 11.8 Å². The number of amides is 1. The summed E-state index contributed by atoms with van der Waals surface area (Å²) in [4.78, 5) is 15.8. The van der Waals surface area contributed by atoms with Gasteiger partial charge in [0.2, 0.25) is 0 Å². The summed E-state index contributed by atoms with van der Waals surface area (Å²) in [7, 11) is 0. The molecule has 0 radical (unpaired) electrons. The second-order valence-electron chi connectivity index (χ2n) is 3.90. The van der Waals surface area contributed by atoms with Crippen molar-refractivity contribution in [2.75, 3.05) is 11.9 Å². The lowest BCUT2D eigenvalue weighted by Crippen LogP contribution is -2.13. The minimum atomic E-state index is -0.629. The van der Waals surface area contributed by atoms with Crippen LogP contribution in [0.5, 0.6) is 0 Å². The topological polar surface area (TPSA) is 68.0 Å². The van der Waals surface area contributed by atoms with Crippen molar-refractivity contribution in [2.24, 2.45) is 5.73 Å². The number of nitrogens with one attached hydrogen (secondary N) is 1.